The van der Waals surface area contributed by atoms with E-state index in [4.69, 9.17) is 5.73 Å². The van der Waals surface area contributed by atoms with Crippen LogP contribution in [0.1, 0.15) is 28.5 Å². The number of nitrogens with zero attached hydrogens (tertiary/aromatic N) is 5. The zero-order chi connectivity index (χ0) is 22.7. The first-order valence-corrected chi connectivity index (χ1v) is 10.1. The Morgan fingerprint density at radius 3 is 2.72 bits per heavy atom. The molecule has 2 aromatic heterocycles. The minimum Gasteiger partial charge on any atom is -0.365 e. The Morgan fingerprint density at radius 2 is 2.03 bits per heavy atom. The Hall–Kier alpha value is -3.84. The van der Waals surface area contributed by atoms with Gasteiger partial charge in [0.1, 0.15) is 11.4 Å². The van der Waals surface area contributed by atoms with E-state index in [-0.39, 0.29) is 23.2 Å². The van der Waals surface area contributed by atoms with Crippen LogP contribution in [0.3, 0.4) is 0 Å². The molecule has 1 saturated heterocycles. The molecule has 0 aliphatic carbocycles. The Bertz CT molecular complexity index is 1160. The lowest BCUT2D eigenvalue weighted by Gasteiger charge is -2.35. The van der Waals surface area contributed by atoms with Crippen LogP contribution < -0.4 is 11.1 Å². The van der Waals surface area contributed by atoms with Gasteiger partial charge in [-0.15, -0.1) is 0 Å². The number of halogens is 2. The van der Waals surface area contributed by atoms with Gasteiger partial charge >= 0.3 is 0 Å². The maximum atomic E-state index is 13.4. The SMILES string of the molecule is N#C[C@H]1CN(Cc2cccc(F)n2)CC[C@H]1n1cc(C(N)=O)c(Nc2ccc(F)cc2)n1. The summed E-state index contributed by atoms with van der Waals surface area (Å²) in [5.74, 6) is -1.74. The van der Waals surface area contributed by atoms with E-state index in [1.807, 2.05) is 4.90 Å². The molecule has 1 fully saturated rings. The number of anilines is 2. The van der Waals surface area contributed by atoms with Gasteiger partial charge in [-0.1, -0.05) is 6.07 Å². The zero-order valence-corrected chi connectivity index (χ0v) is 17.1. The number of carbonyl (C=O) groups excluding carboxylic acids is 1. The Balaban J connectivity index is 1.52. The van der Waals surface area contributed by atoms with E-state index in [0.29, 0.717) is 37.4 Å². The van der Waals surface area contributed by atoms with Crippen molar-refractivity contribution in [3.05, 3.63) is 71.7 Å². The highest BCUT2D eigenvalue weighted by molar-refractivity contribution is 5.98. The molecule has 3 aromatic rings. The molecule has 10 heteroatoms. The third kappa shape index (κ3) is 4.73. The summed E-state index contributed by atoms with van der Waals surface area (Å²) in [7, 11) is 0. The second-order valence-electron chi connectivity index (χ2n) is 7.65. The number of hydrogen-bond acceptors (Lipinski definition) is 6. The summed E-state index contributed by atoms with van der Waals surface area (Å²) in [6.45, 7) is 1.53. The molecule has 3 heterocycles. The number of rotatable bonds is 6. The molecule has 1 aliphatic heterocycles. The van der Waals surface area contributed by atoms with Crippen LogP contribution >= 0.6 is 0 Å². The molecular weight excluding hydrogens is 416 g/mol. The Labute approximate surface area is 183 Å². The van der Waals surface area contributed by atoms with Crippen molar-refractivity contribution in [2.45, 2.75) is 19.0 Å². The van der Waals surface area contributed by atoms with Gasteiger partial charge in [-0.05, 0) is 42.8 Å². The van der Waals surface area contributed by atoms with Crippen LogP contribution in [0.25, 0.3) is 0 Å². The van der Waals surface area contributed by atoms with Crippen molar-refractivity contribution in [2.75, 3.05) is 18.4 Å². The van der Waals surface area contributed by atoms with Crippen molar-refractivity contribution in [3.8, 4) is 6.07 Å². The fraction of sp³-hybridized carbons (Fsp3) is 0.273. The van der Waals surface area contributed by atoms with E-state index in [0.717, 1.165) is 0 Å². The smallest absolute Gasteiger partial charge is 0.254 e. The van der Waals surface area contributed by atoms with Gasteiger partial charge in [-0.2, -0.15) is 14.8 Å². The number of benzene rings is 1. The minimum absolute atomic E-state index is 0.178. The zero-order valence-electron chi connectivity index (χ0n) is 17.1. The molecule has 2 atom stereocenters. The molecule has 0 saturated carbocycles. The molecule has 1 aromatic carbocycles. The van der Waals surface area contributed by atoms with Crippen LogP contribution in [0, 0.1) is 29.0 Å². The van der Waals surface area contributed by atoms with Gasteiger partial charge < -0.3 is 11.1 Å². The van der Waals surface area contributed by atoms with Gasteiger partial charge in [0.05, 0.1) is 23.7 Å². The average molecular weight is 437 g/mol. The van der Waals surface area contributed by atoms with Crippen LogP contribution in [0.2, 0.25) is 0 Å². The van der Waals surface area contributed by atoms with Gasteiger partial charge in [0.25, 0.3) is 5.91 Å². The summed E-state index contributed by atoms with van der Waals surface area (Å²) in [4.78, 5) is 17.9. The molecule has 0 spiro atoms. The molecule has 1 amide bonds. The van der Waals surface area contributed by atoms with Gasteiger partial charge in [0, 0.05) is 31.5 Å². The molecular formula is C22H21F2N7O. The lowest BCUT2D eigenvalue weighted by molar-refractivity contribution is 0.100. The topological polar surface area (TPSA) is 113 Å². The number of piperidine rings is 1. The fourth-order valence-electron chi connectivity index (χ4n) is 3.87. The van der Waals surface area contributed by atoms with E-state index >= 15 is 0 Å². The van der Waals surface area contributed by atoms with Crippen LogP contribution in [0.5, 0.6) is 0 Å². The molecule has 4 rings (SSSR count). The summed E-state index contributed by atoms with van der Waals surface area (Å²) in [6, 6.07) is 12.3. The molecule has 164 valence electrons. The van der Waals surface area contributed by atoms with Crippen molar-refractivity contribution in [3.63, 3.8) is 0 Å². The molecule has 3 N–H and O–H groups in total. The quantitative estimate of drug-likeness (QED) is 0.574. The molecule has 32 heavy (non-hydrogen) atoms. The summed E-state index contributed by atoms with van der Waals surface area (Å²) in [6.07, 6.45) is 2.14. The van der Waals surface area contributed by atoms with Crippen molar-refractivity contribution < 1.29 is 13.6 Å². The van der Waals surface area contributed by atoms with Crippen LogP contribution in [0.15, 0.2) is 48.7 Å². The third-order valence-electron chi connectivity index (χ3n) is 5.43. The highest BCUT2D eigenvalue weighted by Gasteiger charge is 2.32. The molecule has 8 nitrogen and oxygen atoms in total. The van der Waals surface area contributed by atoms with E-state index in [1.165, 1.54) is 36.5 Å². The van der Waals surface area contributed by atoms with Crippen LogP contribution in [-0.4, -0.2) is 38.7 Å². The third-order valence-corrected chi connectivity index (χ3v) is 5.43. The summed E-state index contributed by atoms with van der Waals surface area (Å²) in [5.41, 5.74) is 6.85. The van der Waals surface area contributed by atoms with E-state index < -0.39 is 17.8 Å². The van der Waals surface area contributed by atoms with E-state index in [2.05, 4.69) is 21.5 Å². The number of aromatic nitrogens is 3. The normalized spacial score (nSPS) is 18.8. The van der Waals surface area contributed by atoms with Crippen LogP contribution in [-0.2, 0) is 6.54 Å². The van der Waals surface area contributed by atoms with Gasteiger partial charge in [-0.25, -0.2) is 9.37 Å². The van der Waals surface area contributed by atoms with Crippen molar-refractivity contribution in [2.24, 2.45) is 11.7 Å². The number of hydrogen-bond donors (Lipinski definition) is 2. The Morgan fingerprint density at radius 1 is 1.25 bits per heavy atom. The van der Waals surface area contributed by atoms with Gasteiger partial charge in [-0.3, -0.25) is 14.4 Å². The number of primary amides is 1. The number of amides is 1. The summed E-state index contributed by atoms with van der Waals surface area (Å²) < 4.78 is 28.1. The molecule has 0 unspecified atom stereocenters. The first kappa shape index (κ1) is 21.4. The number of carbonyl (C=O) groups is 1. The number of pyridine rings is 1. The second-order valence-corrected chi connectivity index (χ2v) is 7.65. The second kappa shape index (κ2) is 9.11. The molecule has 1 aliphatic rings. The monoisotopic (exact) mass is 437 g/mol. The van der Waals surface area contributed by atoms with Crippen molar-refractivity contribution in [1.29, 1.82) is 5.26 Å². The summed E-state index contributed by atoms with van der Waals surface area (Å²) in [5, 5.41) is 17.2. The van der Waals surface area contributed by atoms with E-state index in [1.54, 1.807) is 16.8 Å². The lowest BCUT2D eigenvalue weighted by atomic mass is 9.93. The standard InChI is InChI=1S/C22H21F2N7O/c23-15-4-6-16(7-5-15)28-22-18(21(26)32)13-31(29-22)19-8-9-30(11-14(19)10-25)12-17-2-1-3-20(24)27-17/h1-7,13-14,19H,8-9,11-12H2,(H2,26,32)(H,28,29)/t14-,19+/m0/s1. The fourth-order valence-corrected chi connectivity index (χ4v) is 3.87. The van der Waals surface area contributed by atoms with Crippen molar-refractivity contribution in [1.82, 2.24) is 19.7 Å². The predicted octanol–water partition coefficient (Wildman–Crippen LogP) is 2.99. The predicted molar refractivity (Wildman–Crippen MR) is 113 cm³/mol. The average Bonchev–Trinajstić information content (AvgIpc) is 3.19. The van der Waals surface area contributed by atoms with Gasteiger partial charge in [0.15, 0.2) is 5.82 Å². The first-order valence-electron chi connectivity index (χ1n) is 10.1. The number of nitrogens with two attached hydrogens (primary N) is 1. The number of likely N-dealkylation sites (tertiary alicyclic amines) is 1. The van der Waals surface area contributed by atoms with E-state index in [9.17, 15) is 18.8 Å². The summed E-state index contributed by atoms with van der Waals surface area (Å²) >= 11 is 0. The van der Waals surface area contributed by atoms with Crippen molar-refractivity contribution >= 4 is 17.4 Å². The van der Waals surface area contributed by atoms with Crippen LogP contribution in [0.4, 0.5) is 20.3 Å². The largest absolute Gasteiger partial charge is 0.365 e. The lowest BCUT2D eigenvalue weighted by Crippen LogP contribution is -2.40. The molecule has 0 radical (unpaired) electrons. The minimum atomic E-state index is -0.663. The Kier molecular flexibility index (Phi) is 6.09. The number of nitriles is 1. The maximum absolute atomic E-state index is 13.4. The maximum Gasteiger partial charge on any atom is 0.254 e. The highest BCUT2D eigenvalue weighted by atomic mass is 19.1. The molecule has 0 bridgehead atoms. The first-order chi connectivity index (χ1) is 15.4. The van der Waals surface area contributed by atoms with Gasteiger partial charge in [0.2, 0.25) is 5.95 Å². The number of nitrogens with one attached hydrogen (secondary N) is 1. The highest BCUT2D eigenvalue weighted by Crippen LogP contribution is 2.30.